The van der Waals surface area contributed by atoms with Gasteiger partial charge in [-0.1, -0.05) is 36.4 Å². The lowest BCUT2D eigenvalue weighted by Crippen LogP contribution is -2.33. The number of aryl methyl sites for hydroxylation is 1. The minimum absolute atomic E-state index is 0.152. The smallest absolute Gasteiger partial charge is 0.243 e. The molecule has 0 aliphatic carbocycles. The number of anilines is 1. The Morgan fingerprint density at radius 3 is 2.45 bits per heavy atom. The standard InChI is InChI=1S/C17H17FN2O2/c1-12-7-8-14(10-15(12)18)20-17(22)11-19-16(21)9-13-5-3-2-4-6-13/h2-8,10H,9,11H2,1H3,(H,19,21)(H,20,22). The first-order valence-corrected chi connectivity index (χ1v) is 6.91. The number of halogens is 1. The summed E-state index contributed by atoms with van der Waals surface area (Å²) in [6.07, 6.45) is 0.216. The van der Waals surface area contributed by atoms with E-state index in [4.69, 9.17) is 0 Å². The molecule has 0 unspecified atom stereocenters. The predicted molar refractivity (Wildman–Crippen MR) is 82.9 cm³/mol. The van der Waals surface area contributed by atoms with Gasteiger partial charge in [-0.15, -0.1) is 0 Å². The highest BCUT2D eigenvalue weighted by molar-refractivity contribution is 5.94. The van der Waals surface area contributed by atoms with Crippen LogP contribution >= 0.6 is 0 Å². The van der Waals surface area contributed by atoms with Crippen molar-refractivity contribution >= 4 is 17.5 Å². The Hall–Kier alpha value is -2.69. The molecule has 0 heterocycles. The number of rotatable bonds is 5. The average molecular weight is 300 g/mol. The third-order valence-electron chi connectivity index (χ3n) is 3.11. The molecule has 2 N–H and O–H groups in total. The second kappa shape index (κ2) is 7.36. The highest BCUT2D eigenvalue weighted by Gasteiger charge is 2.07. The summed E-state index contributed by atoms with van der Waals surface area (Å²) in [5.74, 6) is -1.02. The fourth-order valence-corrected chi connectivity index (χ4v) is 1.90. The van der Waals surface area contributed by atoms with Gasteiger partial charge in [-0.3, -0.25) is 9.59 Å². The average Bonchev–Trinajstić information content (AvgIpc) is 2.50. The summed E-state index contributed by atoms with van der Waals surface area (Å²) in [7, 11) is 0. The maximum Gasteiger partial charge on any atom is 0.243 e. The molecule has 0 fully saturated rings. The summed E-state index contributed by atoms with van der Waals surface area (Å²) >= 11 is 0. The quantitative estimate of drug-likeness (QED) is 0.891. The van der Waals surface area contributed by atoms with E-state index in [9.17, 15) is 14.0 Å². The Labute approximate surface area is 128 Å². The number of amides is 2. The fraction of sp³-hybridized carbons (Fsp3) is 0.176. The topological polar surface area (TPSA) is 58.2 Å². The van der Waals surface area contributed by atoms with Crippen molar-refractivity contribution in [3.05, 3.63) is 65.5 Å². The Bertz CT molecular complexity index is 672. The zero-order valence-electron chi connectivity index (χ0n) is 12.2. The van der Waals surface area contributed by atoms with Gasteiger partial charge in [0.2, 0.25) is 11.8 Å². The SMILES string of the molecule is Cc1ccc(NC(=O)CNC(=O)Cc2ccccc2)cc1F. The molecule has 114 valence electrons. The molecule has 2 aromatic rings. The van der Waals surface area contributed by atoms with Crippen LogP contribution in [0.4, 0.5) is 10.1 Å². The summed E-state index contributed by atoms with van der Waals surface area (Å²) in [6, 6.07) is 13.7. The molecule has 0 radical (unpaired) electrons. The van der Waals surface area contributed by atoms with Crippen molar-refractivity contribution in [1.82, 2.24) is 5.32 Å². The van der Waals surface area contributed by atoms with Gasteiger partial charge in [-0.2, -0.15) is 0 Å². The summed E-state index contributed by atoms with van der Waals surface area (Å²) < 4.78 is 13.4. The summed E-state index contributed by atoms with van der Waals surface area (Å²) in [5.41, 5.74) is 1.75. The van der Waals surface area contributed by atoms with Gasteiger partial charge in [0.1, 0.15) is 5.82 Å². The van der Waals surface area contributed by atoms with E-state index < -0.39 is 5.91 Å². The maximum absolute atomic E-state index is 13.4. The summed E-state index contributed by atoms with van der Waals surface area (Å²) in [4.78, 5) is 23.4. The number of carbonyl (C=O) groups is 2. The van der Waals surface area contributed by atoms with Crippen LogP contribution in [0.2, 0.25) is 0 Å². The molecule has 0 aliphatic rings. The van der Waals surface area contributed by atoms with Crippen molar-refractivity contribution in [2.45, 2.75) is 13.3 Å². The highest BCUT2D eigenvalue weighted by atomic mass is 19.1. The molecule has 2 aromatic carbocycles. The largest absolute Gasteiger partial charge is 0.347 e. The molecular formula is C17H17FN2O2. The first-order chi connectivity index (χ1) is 10.5. The normalized spacial score (nSPS) is 10.1. The Balaban J connectivity index is 1.80. The Morgan fingerprint density at radius 2 is 1.77 bits per heavy atom. The van der Waals surface area contributed by atoms with Gasteiger partial charge in [0, 0.05) is 5.69 Å². The summed E-state index contributed by atoms with van der Waals surface area (Å²) in [5, 5.41) is 5.07. The molecular weight excluding hydrogens is 283 g/mol. The fourth-order valence-electron chi connectivity index (χ4n) is 1.90. The van der Waals surface area contributed by atoms with Gasteiger partial charge >= 0.3 is 0 Å². The van der Waals surface area contributed by atoms with Crippen LogP contribution in [0.3, 0.4) is 0 Å². The Morgan fingerprint density at radius 1 is 1.05 bits per heavy atom. The molecule has 0 saturated heterocycles. The lowest BCUT2D eigenvalue weighted by atomic mass is 10.1. The van der Waals surface area contributed by atoms with Gasteiger partial charge in [0.05, 0.1) is 13.0 Å². The van der Waals surface area contributed by atoms with E-state index >= 15 is 0 Å². The molecule has 4 nitrogen and oxygen atoms in total. The van der Waals surface area contributed by atoms with Crippen LogP contribution in [-0.2, 0) is 16.0 Å². The zero-order chi connectivity index (χ0) is 15.9. The molecule has 0 aromatic heterocycles. The molecule has 0 aliphatic heterocycles. The van der Waals surface area contributed by atoms with Crippen LogP contribution in [0.25, 0.3) is 0 Å². The van der Waals surface area contributed by atoms with Crippen LogP contribution in [-0.4, -0.2) is 18.4 Å². The minimum Gasteiger partial charge on any atom is -0.347 e. The molecule has 22 heavy (non-hydrogen) atoms. The van der Waals surface area contributed by atoms with Gasteiger partial charge in [-0.05, 0) is 30.2 Å². The third-order valence-corrected chi connectivity index (χ3v) is 3.11. The minimum atomic E-state index is -0.398. The van der Waals surface area contributed by atoms with E-state index in [2.05, 4.69) is 10.6 Å². The van der Waals surface area contributed by atoms with E-state index in [1.165, 1.54) is 6.07 Å². The third kappa shape index (κ3) is 4.70. The van der Waals surface area contributed by atoms with Crippen LogP contribution < -0.4 is 10.6 Å². The second-order valence-corrected chi connectivity index (χ2v) is 4.95. The van der Waals surface area contributed by atoms with Gasteiger partial charge < -0.3 is 10.6 Å². The van der Waals surface area contributed by atoms with Crippen LogP contribution in [0, 0.1) is 12.7 Å². The highest BCUT2D eigenvalue weighted by Crippen LogP contribution is 2.13. The van der Waals surface area contributed by atoms with Crippen LogP contribution in [0.5, 0.6) is 0 Å². The van der Waals surface area contributed by atoms with E-state index in [1.54, 1.807) is 19.1 Å². The second-order valence-electron chi connectivity index (χ2n) is 4.95. The van der Waals surface area contributed by atoms with Crippen molar-refractivity contribution < 1.29 is 14.0 Å². The van der Waals surface area contributed by atoms with E-state index in [0.29, 0.717) is 11.3 Å². The number of hydrogen-bond acceptors (Lipinski definition) is 2. The zero-order valence-corrected chi connectivity index (χ0v) is 12.2. The maximum atomic E-state index is 13.4. The molecule has 0 spiro atoms. The van der Waals surface area contributed by atoms with Crippen molar-refractivity contribution in [1.29, 1.82) is 0 Å². The van der Waals surface area contributed by atoms with Crippen molar-refractivity contribution in [2.75, 3.05) is 11.9 Å². The molecule has 0 saturated carbocycles. The molecule has 0 bridgehead atoms. The van der Waals surface area contributed by atoms with Crippen molar-refractivity contribution in [2.24, 2.45) is 0 Å². The molecule has 2 amide bonds. The van der Waals surface area contributed by atoms with Gasteiger partial charge in [0.25, 0.3) is 0 Å². The first kappa shape index (κ1) is 15.7. The number of carbonyl (C=O) groups excluding carboxylic acids is 2. The van der Waals surface area contributed by atoms with Crippen molar-refractivity contribution in [3.8, 4) is 0 Å². The van der Waals surface area contributed by atoms with Crippen LogP contribution in [0.15, 0.2) is 48.5 Å². The summed E-state index contributed by atoms with van der Waals surface area (Å²) in [6.45, 7) is 1.49. The first-order valence-electron chi connectivity index (χ1n) is 6.91. The number of nitrogens with one attached hydrogen (secondary N) is 2. The molecule has 5 heteroatoms. The van der Waals surface area contributed by atoms with Crippen LogP contribution in [0.1, 0.15) is 11.1 Å². The van der Waals surface area contributed by atoms with Gasteiger partial charge in [-0.25, -0.2) is 4.39 Å². The van der Waals surface area contributed by atoms with Gasteiger partial charge in [0.15, 0.2) is 0 Å². The number of benzene rings is 2. The van der Waals surface area contributed by atoms with E-state index in [0.717, 1.165) is 5.56 Å². The van der Waals surface area contributed by atoms with E-state index in [-0.39, 0.29) is 24.7 Å². The number of hydrogen-bond donors (Lipinski definition) is 2. The molecule has 0 atom stereocenters. The monoisotopic (exact) mass is 300 g/mol. The lowest BCUT2D eigenvalue weighted by molar-refractivity contribution is -0.123. The van der Waals surface area contributed by atoms with E-state index in [1.807, 2.05) is 30.3 Å². The van der Waals surface area contributed by atoms with Crippen molar-refractivity contribution in [3.63, 3.8) is 0 Å². The predicted octanol–water partition coefficient (Wildman–Crippen LogP) is 2.43. The Kier molecular flexibility index (Phi) is 5.25. The lowest BCUT2D eigenvalue weighted by Gasteiger charge is -2.08. The molecule has 2 rings (SSSR count).